The molecule has 0 aromatic carbocycles. The van der Waals surface area contributed by atoms with Crippen molar-refractivity contribution < 1.29 is 23.5 Å². The molecule has 2 fully saturated rings. The van der Waals surface area contributed by atoms with Crippen LogP contribution in [-0.4, -0.2) is 24.1 Å². The van der Waals surface area contributed by atoms with Gasteiger partial charge in [-0.1, -0.05) is 33.8 Å². The Bertz CT molecular complexity index is 849. The van der Waals surface area contributed by atoms with Gasteiger partial charge >= 0.3 is 11.9 Å². The van der Waals surface area contributed by atoms with E-state index in [1.807, 2.05) is 6.07 Å². The quantitative estimate of drug-likeness (QED) is 0.668. The van der Waals surface area contributed by atoms with Crippen LogP contribution < -0.4 is 0 Å². The van der Waals surface area contributed by atoms with Gasteiger partial charge in [-0.05, 0) is 41.2 Å². The standard InChI is InChI=1S/C24H32O5/c1-13-16-8-11-27-18(16)12-17-19(13)20(28-14(2)25)21(29-15(3)26)22-23(4,5)9-7-10-24(17,22)6/h8,11,17,19-22H,1,7,9-10,12H2,2-6H3/t17-,19-,20+,21-,22+,24+/m0/s1. The Morgan fingerprint density at radius 2 is 1.76 bits per heavy atom. The van der Waals surface area contributed by atoms with E-state index in [0.717, 1.165) is 42.6 Å². The lowest BCUT2D eigenvalue weighted by Gasteiger charge is -2.63. The molecule has 1 heterocycles. The van der Waals surface area contributed by atoms with Crippen LogP contribution in [0.25, 0.3) is 5.57 Å². The van der Waals surface area contributed by atoms with Crippen molar-refractivity contribution in [3.63, 3.8) is 0 Å². The highest BCUT2D eigenvalue weighted by Gasteiger charge is 2.65. The Kier molecular flexibility index (Phi) is 4.71. The van der Waals surface area contributed by atoms with E-state index in [0.29, 0.717) is 0 Å². The van der Waals surface area contributed by atoms with Crippen LogP contribution in [0.15, 0.2) is 23.3 Å². The van der Waals surface area contributed by atoms with Crippen molar-refractivity contribution in [2.75, 3.05) is 0 Å². The third-order valence-electron chi connectivity index (χ3n) is 7.88. The van der Waals surface area contributed by atoms with Crippen molar-refractivity contribution in [2.24, 2.45) is 28.6 Å². The first kappa shape index (κ1) is 20.2. The second-order valence-electron chi connectivity index (χ2n) is 10.1. The Balaban J connectivity index is 1.90. The summed E-state index contributed by atoms with van der Waals surface area (Å²) in [5.41, 5.74) is 1.82. The molecule has 5 heteroatoms. The lowest BCUT2D eigenvalue weighted by molar-refractivity contribution is -0.226. The highest BCUT2D eigenvalue weighted by atomic mass is 16.6. The maximum atomic E-state index is 12.1. The fourth-order valence-corrected chi connectivity index (χ4v) is 7.02. The molecular weight excluding hydrogens is 368 g/mol. The Morgan fingerprint density at radius 3 is 2.41 bits per heavy atom. The number of hydrogen-bond acceptors (Lipinski definition) is 5. The molecule has 0 bridgehead atoms. The second-order valence-corrected chi connectivity index (χ2v) is 10.1. The van der Waals surface area contributed by atoms with Crippen molar-refractivity contribution in [2.45, 2.75) is 72.5 Å². The van der Waals surface area contributed by atoms with Crippen molar-refractivity contribution >= 4 is 17.5 Å². The molecule has 5 nitrogen and oxygen atoms in total. The molecule has 0 radical (unpaired) electrons. The van der Waals surface area contributed by atoms with Crippen molar-refractivity contribution in [3.05, 3.63) is 30.2 Å². The molecule has 0 aliphatic heterocycles. The molecule has 0 unspecified atom stereocenters. The number of fused-ring (bicyclic) bond motifs is 4. The van der Waals surface area contributed by atoms with Crippen molar-refractivity contribution in [1.82, 2.24) is 0 Å². The summed E-state index contributed by atoms with van der Waals surface area (Å²) in [6, 6.07) is 1.94. The third-order valence-corrected chi connectivity index (χ3v) is 7.88. The van der Waals surface area contributed by atoms with E-state index >= 15 is 0 Å². The normalized spacial score (nSPS) is 37.7. The van der Waals surface area contributed by atoms with Gasteiger partial charge in [0, 0.05) is 37.7 Å². The van der Waals surface area contributed by atoms with E-state index in [2.05, 4.69) is 27.4 Å². The third kappa shape index (κ3) is 3.04. The molecule has 1 aromatic rings. The first-order chi connectivity index (χ1) is 13.6. The molecule has 4 rings (SSSR count). The number of furan rings is 1. The minimum atomic E-state index is -0.535. The van der Waals surface area contributed by atoms with Gasteiger partial charge in [0.25, 0.3) is 0 Å². The van der Waals surface area contributed by atoms with E-state index in [1.165, 1.54) is 13.8 Å². The summed E-state index contributed by atoms with van der Waals surface area (Å²) in [5.74, 6) is 0.487. The number of hydrogen-bond donors (Lipinski definition) is 0. The van der Waals surface area contributed by atoms with E-state index < -0.39 is 12.2 Å². The van der Waals surface area contributed by atoms with Gasteiger partial charge in [-0.3, -0.25) is 9.59 Å². The Morgan fingerprint density at radius 1 is 1.10 bits per heavy atom. The predicted molar refractivity (Wildman–Crippen MR) is 109 cm³/mol. The molecule has 0 saturated heterocycles. The topological polar surface area (TPSA) is 65.7 Å². The number of ether oxygens (including phenoxy) is 2. The molecule has 3 aliphatic rings. The molecule has 0 N–H and O–H groups in total. The molecule has 29 heavy (non-hydrogen) atoms. The minimum absolute atomic E-state index is 0.0404. The summed E-state index contributed by atoms with van der Waals surface area (Å²) in [6.07, 6.45) is 4.72. The molecule has 0 amide bonds. The Hall–Kier alpha value is -2.04. The largest absolute Gasteiger partial charge is 0.469 e. The first-order valence-corrected chi connectivity index (χ1v) is 10.7. The lowest BCUT2D eigenvalue weighted by atomic mass is 9.43. The zero-order chi connectivity index (χ0) is 21.1. The van der Waals surface area contributed by atoms with Gasteiger partial charge in [-0.2, -0.15) is 0 Å². The number of esters is 2. The highest BCUT2D eigenvalue weighted by Crippen LogP contribution is 2.65. The fraction of sp³-hybridized carbons (Fsp3) is 0.667. The van der Waals surface area contributed by atoms with Crippen LogP contribution in [-0.2, 0) is 25.5 Å². The van der Waals surface area contributed by atoms with Crippen LogP contribution in [0.2, 0.25) is 0 Å². The van der Waals surface area contributed by atoms with Crippen LogP contribution in [0.4, 0.5) is 0 Å². The van der Waals surface area contributed by atoms with E-state index in [4.69, 9.17) is 13.9 Å². The number of rotatable bonds is 2. The smallest absolute Gasteiger partial charge is 0.303 e. The molecule has 2 saturated carbocycles. The SMILES string of the molecule is C=C1c2ccoc2C[C@H]2[C@H]1[C@@H](OC(C)=O)[C@H](OC(C)=O)[C@@H]1C(C)(C)CCC[C@@]12C. The summed E-state index contributed by atoms with van der Waals surface area (Å²) >= 11 is 0. The van der Waals surface area contributed by atoms with Gasteiger partial charge < -0.3 is 13.9 Å². The summed E-state index contributed by atoms with van der Waals surface area (Å²) in [4.78, 5) is 24.2. The van der Waals surface area contributed by atoms with Gasteiger partial charge in [-0.25, -0.2) is 0 Å². The van der Waals surface area contributed by atoms with Crippen LogP contribution in [0.3, 0.4) is 0 Å². The average Bonchev–Trinajstić information content (AvgIpc) is 3.06. The van der Waals surface area contributed by atoms with Crippen LogP contribution in [0, 0.1) is 28.6 Å². The number of carbonyl (C=O) groups excluding carboxylic acids is 2. The van der Waals surface area contributed by atoms with Gasteiger partial charge in [0.15, 0.2) is 0 Å². The van der Waals surface area contributed by atoms with Crippen LogP contribution >= 0.6 is 0 Å². The minimum Gasteiger partial charge on any atom is -0.469 e. The zero-order valence-electron chi connectivity index (χ0n) is 18.1. The summed E-state index contributed by atoms with van der Waals surface area (Å²) in [7, 11) is 0. The van der Waals surface area contributed by atoms with Gasteiger partial charge in [0.1, 0.15) is 18.0 Å². The number of carbonyl (C=O) groups is 2. The summed E-state index contributed by atoms with van der Waals surface area (Å²) < 4.78 is 17.7. The van der Waals surface area contributed by atoms with Crippen molar-refractivity contribution in [1.29, 1.82) is 0 Å². The van der Waals surface area contributed by atoms with Crippen LogP contribution in [0.1, 0.15) is 65.2 Å². The van der Waals surface area contributed by atoms with E-state index in [9.17, 15) is 9.59 Å². The predicted octanol–water partition coefficient (Wildman–Crippen LogP) is 4.79. The van der Waals surface area contributed by atoms with Gasteiger partial charge in [0.05, 0.1) is 6.26 Å². The van der Waals surface area contributed by atoms with E-state index in [-0.39, 0.29) is 40.5 Å². The summed E-state index contributed by atoms with van der Waals surface area (Å²) in [5, 5.41) is 0. The summed E-state index contributed by atoms with van der Waals surface area (Å²) in [6.45, 7) is 14.1. The van der Waals surface area contributed by atoms with Gasteiger partial charge in [-0.15, -0.1) is 0 Å². The maximum Gasteiger partial charge on any atom is 0.303 e. The molecule has 3 aliphatic carbocycles. The lowest BCUT2D eigenvalue weighted by Crippen LogP contribution is -2.65. The molecule has 1 aromatic heterocycles. The second kappa shape index (κ2) is 6.75. The monoisotopic (exact) mass is 400 g/mol. The first-order valence-electron chi connectivity index (χ1n) is 10.7. The zero-order valence-corrected chi connectivity index (χ0v) is 18.1. The van der Waals surface area contributed by atoms with Crippen LogP contribution in [0.5, 0.6) is 0 Å². The average molecular weight is 401 g/mol. The molecule has 158 valence electrons. The van der Waals surface area contributed by atoms with Crippen molar-refractivity contribution in [3.8, 4) is 0 Å². The van der Waals surface area contributed by atoms with E-state index in [1.54, 1.807) is 6.26 Å². The molecule has 0 spiro atoms. The molecule has 6 atom stereocenters. The molecular formula is C24H32O5. The van der Waals surface area contributed by atoms with Gasteiger partial charge in [0.2, 0.25) is 0 Å². The highest BCUT2D eigenvalue weighted by molar-refractivity contribution is 5.72. The maximum absolute atomic E-state index is 12.1. The fourth-order valence-electron chi connectivity index (χ4n) is 7.02. The Labute approximate surface area is 172 Å².